The van der Waals surface area contributed by atoms with E-state index in [1.165, 1.54) is 0 Å². The Morgan fingerprint density at radius 3 is 2.40 bits per heavy atom. The summed E-state index contributed by atoms with van der Waals surface area (Å²) in [6.07, 6.45) is 1.15. The normalized spacial score (nSPS) is 20.8. The lowest BCUT2D eigenvalue weighted by Crippen LogP contribution is -2.38. The van der Waals surface area contributed by atoms with E-state index >= 15 is 0 Å². The smallest absolute Gasteiger partial charge is 0.143 e. The van der Waals surface area contributed by atoms with Crippen molar-refractivity contribution in [2.24, 2.45) is 0 Å². The molecule has 0 aromatic heterocycles. The Labute approximate surface area is 94.6 Å². The molecule has 0 aromatic carbocycles. The molecule has 0 saturated carbocycles. The predicted octanol–water partition coefficient (Wildman–Crippen LogP) is -0.116. The topological polar surface area (TPSA) is 40.2 Å². The van der Waals surface area contributed by atoms with Crippen LogP contribution in [-0.2, 0) is 18.9 Å². The largest absolute Gasteiger partial charge is 0.378 e. The Morgan fingerprint density at radius 2 is 1.93 bits per heavy atom. The Balaban J connectivity index is 2.11. The summed E-state index contributed by atoms with van der Waals surface area (Å²) in [6.45, 7) is 7.60. The zero-order valence-electron chi connectivity index (χ0n) is 9.95. The molecular weight excluding hydrogens is 212 g/mol. The van der Waals surface area contributed by atoms with Crippen LogP contribution in [0.5, 0.6) is 0 Å². The molecule has 1 aliphatic rings. The molecule has 90 valence electrons. The first-order valence-electron chi connectivity index (χ1n) is 5.67. The SMILES string of the molecule is CCOC([SiH3])(CCOCC1CO1)OCC. The van der Waals surface area contributed by atoms with E-state index in [0.717, 1.165) is 23.3 Å². The van der Waals surface area contributed by atoms with Crippen LogP contribution in [0.25, 0.3) is 0 Å². The molecule has 1 saturated heterocycles. The van der Waals surface area contributed by atoms with Crippen molar-refractivity contribution in [3.05, 3.63) is 0 Å². The van der Waals surface area contributed by atoms with E-state index in [4.69, 9.17) is 18.9 Å². The highest BCUT2D eigenvalue weighted by Gasteiger charge is 2.26. The molecule has 0 radical (unpaired) electrons. The summed E-state index contributed by atoms with van der Waals surface area (Å²) < 4.78 is 21.8. The van der Waals surface area contributed by atoms with Crippen molar-refractivity contribution < 1.29 is 18.9 Å². The molecule has 15 heavy (non-hydrogen) atoms. The third-order valence-electron chi connectivity index (χ3n) is 2.31. The van der Waals surface area contributed by atoms with E-state index in [-0.39, 0.29) is 5.41 Å². The zero-order chi connectivity index (χ0) is 11.1. The predicted molar refractivity (Wildman–Crippen MR) is 61.1 cm³/mol. The van der Waals surface area contributed by atoms with Crippen LogP contribution in [0, 0.1) is 0 Å². The lowest BCUT2D eigenvalue weighted by atomic mass is 10.4. The van der Waals surface area contributed by atoms with Gasteiger partial charge in [0.15, 0.2) is 0 Å². The quantitative estimate of drug-likeness (QED) is 0.241. The minimum atomic E-state index is -0.367. The average molecular weight is 234 g/mol. The van der Waals surface area contributed by atoms with Gasteiger partial charge in [-0.2, -0.15) is 0 Å². The number of hydrogen-bond acceptors (Lipinski definition) is 4. The molecule has 0 N–H and O–H groups in total. The first-order chi connectivity index (χ1) is 7.20. The van der Waals surface area contributed by atoms with Crippen molar-refractivity contribution in [1.82, 2.24) is 0 Å². The summed E-state index contributed by atoms with van der Waals surface area (Å²) in [5.74, 6) is 0. The molecule has 0 aliphatic carbocycles. The van der Waals surface area contributed by atoms with Crippen LogP contribution in [0.15, 0.2) is 0 Å². The molecule has 0 amide bonds. The van der Waals surface area contributed by atoms with Crippen LogP contribution < -0.4 is 0 Å². The molecule has 0 aromatic rings. The molecule has 1 aliphatic heterocycles. The first-order valence-corrected chi connectivity index (χ1v) is 6.67. The second-order valence-electron chi connectivity index (χ2n) is 3.78. The van der Waals surface area contributed by atoms with Crippen molar-refractivity contribution in [3.63, 3.8) is 0 Å². The van der Waals surface area contributed by atoms with E-state index in [2.05, 4.69) is 0 Å². The minimum absolute atomic E-state index is 0.340. The number of rotatable bonds is 9. The van der Waals surface area contributed by atoms with Crippen LogP contribution >= 0.6 is 0 Å². The van der Waals surface area contributed by atoms with Crippen LogP contribution in [0.1, 0.15) is 20.3 Å². The maximum Gasteiger partial charge on any atom is 0.143 e. The zero-order valence-corrected chi connectivity index (χ0v) is 12.0. The number of hydrogen-bond donors (Lipinski definition) is 0. The van der Waals surface area contributed by atoms with Crippen LogP contribution in [-0.4, -0.2) is 54.8 Å². The second-order valence-corrected chi connectivity index (χ2v) is 5.30. The lowest BCUT2D eigenvalue weighted by molar-refractivity contribution is -0.182. The van der Waals surface area contributed by atoms with E-state index in [1.807, 2.05) is 13.8 Å². The molecule has 0 spiro atoms. The maximum absolute atomic E-state index is 5.62. The van der Waals surface area contributed by atoms with Gasteiger partial charge < -0.3 is 18.9 Å². The third-order valence-corrected chi connectivity index (χ3v) is 3.38. The fourth-order valence-electron chi connectivity index (χ4n) is 1.43. The third kappa shape index (κ3) is 5.63. The standard InChI is InChI=1S/C10H22O4Si/c1-3-13-10(15,14-4-2)5-6-11-7-9-8-12-9/h9H,3-8H2,1-2,15H3. The summed E-state index contributed by atoms with van der Waals surface area (Å²) in [5, 5.41) is 0. The van der Waals surface area contributed by atoms with Gasteiger partial charge in [0.25, 0.3) is 0 Å². The van der Waals surface area contributed by atoms with Gasteiger partial charge in [0.1, 0.15) is 11.5 Å². The van der Waals surface area contributed by atoms with Crippen molar-refractivity contribution in [3.8, 4) is 0 Å². The molecule has 1 fully saturated rings. The van der Waals surface area contributed by atoms with Crippen molar-refractivity contribution in [2.45, 2.75) is 31.8 Å². The average Bonchev–Trinajstić information content (AvgIpc) is 2.97. The van der Waals surface area contributed by atoms with Gasteiger partial charge in [0, 0.05) is 19.6 Å². The van der Waals surface area contributed by atoms with Gasteiger partial charge in [-0.3, -0.25) is 0 Å². The highest BCUT2D eigenvalue weighted by molar-refractivity contribution is 6.13. The number of ether oxygens (including phenoxy) is 4. The van der Waals surface area contributed by atoms with Gasteiger partial charge in [-0.05, 0) is 13.8 Å². The van der Waals surface area contributed by atoms with Crippen molar-refractivity contribution >= 4 is 10.2 Å². The fourth-order valence-corrected chi connectivity index (χ4v) is 2.21. The molecule has 1 unspecified atom stereocenters. The van der Waals surface area contributed by atoms with E-state index < -0.39 is 0 Å². The monoisotopic (exact) mass is 234 g/mol. The minimum Gasteiger partial charge on any atom is -0.378 e. The summed E-state index contributed by atoms with van der Waals surface area (Å²) in [5.41, 5.74) is -0.367. The Hall–Kier alpha value is 0.0569. The summed E-state index contributed by atoms with van der Waals surface area (Å²) in [6, 6.07) is 0. The molecule has 1 rings (SSSR count). The highest BCUT2D eigenvalue weighted by Crippen LogP contribution is 2.15. The lowest BCUT2D eigenvalue weighted by Gasteiger charge is -2.29. The summed E-state index contributed by atoms with van der Waals surface area (Å²) >= 11 is 0. The molecule has 0 bridgehead atoms. The van der Waals surface area contributed by atoms with E-state index in [9.17, 15) is 0 Å². The van der Waals surface area contributed by atoms with Gasteiger partial charge in [-0.25, -0.2) is 0 Å². The van der Waals surface area contributed by atoms with Gasteiger partial charge in [-0.1, -0.05) is 0 Å². The van der Waals surface area contributed by atoms with Gasteiger partial charge in [-0.15, -0.1) is 0 Å². The number of epoxide rings is 1. The molecule has 5 heteroatoms. The van der Waals surface area contributed by atoms with E-state index in [0.29, 0.717) is 32.5 Å². The van der Waals surface area contributed by atoms with Gasteiger partial charge >= 0.3 is 0 Å². The van der Waals surface area contributed by atoms with Crippen LogP contribution in [0.4, 0.5) is 0 Å². The Bertz CT molecular complexity index is 167. The second kappa shape index (κ2) is 6.60. The van der Waals surface area contributed by atoms with Gasteiger partial charge in [0.05, 0.1) is 30.1 Å². The van der Waals surface area contributed by atoms with E-state index in [1.54, 1.807) is 0 Å². The molecule has 1 heterocycles. The highest BCUT2D eigenvalue weighted by atomic mass is 28.1. The molecule has 1 atom stereocenters. The fraction of sp³-hybridized carbons (Fsp3) is 1.00. The van der Waals surface area contributed by atoms with Crippen molar-refractivity contribution in [1.29, 1.82) is 0 Å². The summed E-state index contributed by atoms with van der Waals surface area (Å²) in [4.78, 5) is 0. The van der Waals surface area contributed by atoms with Crippen LogP contribution in [0.2, 0.25) is 0 Å². The Morgan fingerprint density at radius 1 is 1.33 bits per heavy atom. The van der Waals surface area contributed by atoms with Crippen molar-refractivity contribution in [2.75, 3.05) is 33.0 Å². The molecule has 4 nitrogen and oxygen atoms in total. The van der Waals surface area contributed by atoms with Gasteiger partial charge in [0.2, 0.25) is 0 Å². The van der Waals surface area contributed by atoms with Crippen LogP contribution in [0.3, 0.4) is 0 Å². The molecular formula is C10H22O4Si. The maximum atomic E-state index is 5.62. The first kappa shape index (κ1) is 13.1. The summed E-state index contributed by atoms with van der Waals surface area (Å²) in [7, 11) is 0.861. The Kier molecular flexibility index (Phi) is 5.77.